The van der Waals surface area contributed by atoms with Gasteiger partial charge in [-0.1, -0.05) is 44.5 Å². The first-order valence-electron chi connectivity index (χ1n) is 5.76. The molecule has 1 heterocycles. The van der Waals surface area contributed by atoms with E-state index in [9.17, 15) is 4.79 Å². The van der Waals surface area contributed by atoms with E-state index in [0.717, 1.165) is 0 Å². The van der Waals surface area contributed by atoms with Crippen LogP contribution < -0.4 is 0 Å². The van der Waals surface area contributed by atoms with Crippen molar-refractivity contribution >= 4 is 17.6 Å². The van der Waals surface area contributed by atoms with Crippen LogP contribution in [0.4, 0.5) is 0 Å². The fourth-order valence-electron chi connectivity index (χ4n) is 1.68. The minimum atomic E-state index is -1.16. The number of benzene rings is 1. The van der Waals surface area contributed by atoms with Gasteiger partial charge in [0.1, 0.15) is 5.82 Å². The van der Waals surface area contributed by atoms with Crippen LogP contribution in [0.15, 0.2) is 24.3 Å². The van der Waals surface area contributed by atoms with Crippen molar-refractivity contribution in [1.29, 1.82) is 0 Å². The Morgan fingerprint density at radius 3 is 2.47 bits per heavy atom. The van der Waals surface area contributed by atoms with Gasteiger partial charge in [0, 0.05) is 5.41 Å². The van der Waals surface area contributed by atoms with Crippen molar-refractivity contribution in [3.63, 3.8) is 0 Å². The highest BCUT2D eigenvalue weighted by molar-refractivity contribution is 6.32. The lowest BCUT2D eigenvalue weighted by molar-refractivity contribution is 0.0683. The number of carboxylic acids is 1. The topological polar surface area (TPSA) is 68.0 Å². The molecule has 0 radical (unpaired) electrons. The lowest BCUT2D eigenvalue weighted by atomic mass is 9.95. The zero-order valence-electron chi connectivity index (χ0n) is 10.9. The molecule has 6 heteroatoms. The molecule has 5 nitrogen and oxygen atoms in total. The standard InChI is InChI=1S/C13H14ClN3O2/c1-13(2,3)12-15-10(11(18)19)16-17(12)9-7-5-4-6-8(9)14/h4-7H,1-3H3,(H,18,19). The molecule has 0 saturated heterocycles. The Kier molecular flexibility index (Phi) is 3.32. The fourth-order valence-corrected chi connectivity index (χ4v) is 1.90. The molecule has 0 spiro atoms. The Morgan fingerprint density at radius 1 is 1.32 bits per heavy atom. The molecule has 0 aliphatic heterocycles. The molecule has 0 fully saturated rings. The SMILES string of the molecule is CC(C)(C)c1nc(C(=O)O)nn1-c1ccccc1Cl. The van der Waals surface area contributed by atoms with Crippen molar-refractivity contribution in [3.8, 4) is 5.69 Å². The number of para-hydroxylation sites is 1. The van der Waals surface area contributed by atoms with E-state index in [1.165, 1.54) is 4.68 Å². The third-order valence-corrected chi connectivity index (χ3v) is 2.87. The number of aromatic nitrogens is 3. The highest BCUT2D eigenvalue weighted by Gasteiger charge is 2.26. The molecule has 0 unspecified atom stereocenters. The minimum Gasteiger partial charge on any atom is -0.475 e. The first-order valence-corrected chi connectivity index (χ1v) is 6.14. The van der Waals surface area contributed by atoms with Gasteiger partial charge in [0.25, 0.3) is 5.82 Å². The Bertz CT molecular complexity index is 629. The molecule has 1 aromatic heterocycles. The summed E-state index contributed by atoms with van der Waals surface area (Å²) in [5.41, 5.74) is 0.272. The smallest absolute Gasteiger partial charge is 0.375 e. The predicted molar refractivity (Wildman–Crippen MR) is 72.0 cm³/mol. The Morgan fingerprint density at radius 2 is 1.95 bits per heavy atom. The van der Waals surface area contributed by atoms with Crippen molar-refractivity contribution in [2.24, 2.45) is 0 Å². The number of carbonyl (C=O) groups is 1. The van der Waals surface area contributed by atoms with Gasteiger partial charge in [-0.15, -0.1) is 5.10 Å². The summed E-state index contributed by atoms with van der Waals surface area (Å²) in [6, 6.07) is 7.12. The maximum Gasteiger partial charge on any atom is 0.375 e. The normalized spacial score (nSPS) is 11.6. The van der Waals surface area contributed by atoms with E-state index < -0.39 is 5.97 Å². The molecule has 19 heavy (non-hydrogen) atoms. The molecule has 2 aromatic rings. The van der Waals surface area contributed by atoms with Gasteiger partial charge >= 0.3 is 5.97 Å². The Balaban J connectivity index is 2.69. The molecular weight excluding hydrogens is 266 g/mol. The second kappa shape index (κ2) is 4.66. The summed E-state index contributed by atoms with van der Waals surface area (Å²) >= 11 is 6.13. The number of carboxylic acid groups (broad SMARTS) is 1. The molecule has 0 atom stereocenters. The molecule has 1 aromatic carbocycles. The number of aromatic carboxylic acids is 1. The van der Waals surface area contributed by atoms with E-state index in [1.54, 1.807) is 18.2 Å². The van der Waals surface area contributed by atoms with Crippen LogP contribution in [-0.2, 0) is 5.41 Å². The van der Waals surface area contributed by atoms with Crippen LogP contribution in [-0.4, -0.2) is 25.8 Å². The van der Waals surface area contributed by atoms with E-state index in [2.05, 4.69) is 10.1 Å². The zero-order chi connectivity index (χ0) is 14.2. The van der Waals surface area contributed by atoms with E-state index >= 15 is 0 Å². The fraction of sp³-hybridized carbons (Fsp3) is 0.308. The second-order valence-corrected chi connectivity index (χ2v) is 5.58. The van der Waals surface area contributed by atoms with E-state index in [1.807, 2.05) is 26.8 Å². The predicted octanol–water partition coefficient (Wildman–Crippen LogP) is 2.92. The first-order chi connectivity index (χ1) is 8.80. The summed E-state index contributed by atoms with van der Waals surface area (Å²) in [4.78, 5) is 15.1. The summed E-state index contributed by atoms with van der Waals surface area (Å²) in [5.74, 6) is -0.834. The molecule has 100 valence electrons. The molecular formula is C13H14ClN3O2. The van der Waals surface area contributed by atoms with Crippen molar-refractivity contribution in [1.82, 2.24) is 14.8 Å². The Labute approximate surface area is 115 Å². The Hall–Kier alpha value is -1.88. The van der Waals surface area contributed by atoms with Crippen molar-refractivity contribution in [2.45, 2.75) is 26.2 Å². The second-order valence-electron chi connectivity index (χ2n) is 5.18. The lowest BCUT2D eigenvalue weighted by Crippen LogP contribution is -2.19. The van der Waals surface area contributed by atoms with Crippen LogP contribution in [0.3, 0.4) is 0 Å². The summed E-state index contributed by atoms with van der Waals surface area (Å²) in [7, 11) is 0. The van der Waals surface area contributed by atoms with Gasteiger partial charge in [0.05, 0.1) is 10.7 Å². The third kappa shape index (κ3) is 2.61. The van der Waals surface area contributed by atoms with Crippen molar-refractivity contribution < 1.29 is 9.90 Å². The van der Waals surface area contributed by atoms with Crippen LogP contribution in [0.5, 0.6) is 0 Å². The molecule has 1 N–H and O–H groups in total. The molecule has 0 amide bonds. The summed E-state index contributed by atoms with van der Waals surface area (Å²) < 4.78 is 1.49. The zero-order valence-corrected chi connectivity index (χ0v) is 11.6. The molecule has 0 saturated carbocycles. The molecule has 0 aliphatic rings. The van der Waals surface area contributed by atoms with Gasteiger partial charge in [0.2, 0.25) is 0 Å². The number of hydrogen-bond donors (Lipinski definition) is 1. The van der Waals surface area contributed by atoms with Crippen LogP contribution in [0.1, 0.15) is 37.2 Å². The van der Waals surface area contributed by atoms with Crippen molar-refractivity contribution in [3.05, 3.63) is 40.9 Å². The number of rotatable bonds is 2. The van der Waals surface area contributed by atoms with E-state index in [-0.39, 0.29) is 11.2 Å². The maximum atomic E-state index is 11.0. The van der Waals surface area contributed by atoms with E-state index in [0.29, 0.717) is 16.5 Å². The van der Waals surface area contributed by atoms with Gasteiger partial charge in [0.15, 0.2) is 0 Å². The minimum absolute atomic E-state index is 0.232. The summed E-state index contributed by atoms with van der Waals surface area (Å²) in [6.45, 7) is 5.82. The average Bonchev–Trinajstić information content (AvgIpc) is 2.74. The largest absolute Gasteiger partial charge is 0.475 e. The van der Waals surface area contributed by atoms with Crippen LogP contribution >= 0.6 is 11.6 Å². The number of hydrogen-bond acceptors (Lipinski definition) is 3. The molecule has 0 bridgehead atoms. The van der Waals surface area contributed by atoms with Gasteiger partial charge in [-0.3, -0.25) is 0 Å². The lowest BCUT2D eigenvalue weighted by Gasteiger charge is -2.18. The highest BCUT2D eigenvalue weighted by atomic mass is 35.5. The first kappa shape index (κ1) is 13.5. The van der Waals surface area contributed by atoms with Gasteiger partial charge in [-0.25, -0.2) is 14.5 Å². The van der Waals surface area contributed by atoms with Crippen molar-refractivity contribution in [2.75, 3.05) is 0 Å². The molecule has 0 aliphatic carbocycles. The van der Waals surface area contributed by atoms with E-state index in [4.69, 9.17) is 16.7 Å². The number of halogens is 1. The molecule has 2 rings (SSSR count). The van der Waals surface area contributed by atoms with Crippen LogP contribution in [0.2, 0.25) is 5.02 Å². The third-order valence-electron chi connectivity index (χ3n) is 2.55. The summed E-state index contributed by atoms with van der Waals surface area (Å²) in [5, 5.41) is 13.6. The van der Waals surface area contributed by atoms with Crippen LogP contribution in [0.25, 0.3) is 5.69 Å². The number of nitrogens with zero attached hydrogens (tertiary/aromatic N) is 3. The summed E-state index contributed by atoms with van der Waals surface area (Å²) in [6.07, 6.45) is 0. The monoisotopic (exact) mass is 279 g/mol. The van der Waals surface area contributed by atoms with Gasteiger partial charge in [-0.05, 0) is 12.1 Å². The average molecular weight is 280 g/mol. The van der Waals surface area contributed by atoms with Gasteiger partial charge in [-0.2, -0.15) is 0 Å². The highest BCUT2D eigenvalue weighted by Crippen LogP contribution is 2.26. The van der Waals surface area contributed by atoms with Crippen LogP contribution in [0, 0.1) is 0 Å². The quantitative estimate of drug-likeness (QED) is 0.918. The van der Waals surface area contributed by atoms with Gasteiger partial charge < -0.3 is 5.11 Å². The maximum absolute atomic E-state index is 11.0.